The summed E-state index contributed by atoms with van der Waals surface area (Å²) < 4.78 is 0. The Labute approximate surface area is 152 Å². The average Bonchev–Trinajstić information content (AvgIpc) is 2.95. The van der Waals surface area contributed by atoms with Crippen molar-refractivity contribution in [2.24, 2.45) is 5.92 Å². The number of halogens is 1. The number of hydrogen-bond acceptors (Lipinski definition) is 2. The number of anilines is 1. The SMILES string of the molecule is Cc1ccccc1CN1CC(C(=O)Nc2cccc(Cl)c2C)CC1=O. The zero-order valence-electron chi connectivity index (χ0n) is 14.4. The molecule has 4 nitrogen and oxygen atoms in total. The molecule has 1 atom stereocenters. The smallest absolute Gasteiger partial charge is 0.229 e. The molecule has 0 radical (unpaired) electrons. The summed E-state index contributed by atoms with van der Waals surface area (Å²) in [5.74, 6) is -0.452. The fraction of sp³-hybridized carbons (Fsp3) is 0.300. The van der Waals surface area contributed by atoms with Crippen molar-refractivity contribution in [1.29, 1.82) is 0 Å². The number of amides is 2. The van der Waals surface area contributed by atoms with Crippen molar-refractivity contribution in [3.8, 4) is 0 Å². The molecular weight excluding hydrogens is 336 g/mol. The first-order valence-corrected chi connectivity index (χ1v) is 8.71. The van der Waals surface area contributed by atoms with Gasteiger partial charge in [-0.25, -0.2) is 0 Å². The lowest BCUT2D eigenvalue weighted by Crippen LogP contribution is -2.28. The van der Waals surface area contributed by atoms with Gasteiger partial charge in [0.25, 0.3) is 0 Å². The van der Waals surface area contributed by atoms with Gasteiger partial charge in [-0.3, -0.25) is 9.59 Å². The normalized spacial score (nSPS) is 17.0. The first-order valence-electron chi connectivity index (χ1n) is 8.34. The van der Waals surface area contributed by atoms with E-state index < -0.39 is 0 Å². The molecule has 0 spiro atoms. The molecule has 0 saturated carbocycles. The molecule has 1 heterocycles. The number of aryl methyl sites for hydroxylation is 1. The van der Waals surface area contributed by atoms with Crippen molar-refractivity contribution in [2.45, 2.75) is 26.8 Å². The number of nitrogens with zero attached hydrogens (tertiary/aromatic N) is 1. The van der Waals surface area contributed by atoms with E-state index in [2.05, 4.69) is 5.32 Å². The Balaban J connectivity index is 1.66. The predicted octanol–water partition coefficient (Wildman–Crippen LogP) is 3.94. The summed E-state index contributed by atoms with van der Waals surface area (Å²) in [6, 6.07) is 13.4. The van der Waals surface area contributed by atoms with Crippen LogP contribution in [0.25, 0.3) is 0 Å². The molecule has 2 aromatic carbocycles. The Morgan fingerprint density at radius 1 is 1.20 bits per heavy atom. The Morgan fingerprint density at radius 2 is 1.96 bits per heavy atom. The van der Waals surface area contributed by atoms with Crippen molar-refractivity contribution in [3.63, 3.8) is 0 Å². The van der Waals surface area contributed by atoms with Crippen LogP contribution in [0.3, 0.4) is 0 Å². The van der Waals surface area contributed by atoms with Crippen molar-refractivity contribution in [1.82, 2.24) is 4.90 Å². The van der Waals surface area contributed by atoms with Gasteiger partial charge < -0.3 is 10.2 Å². The van der Waals surface area contributed by atoms with E-state index in [0.717, 1.165) is 16.7 Å². The number of rotatable bonds is 4. The molecular formula is C20H21ClN2O2. The molecule has 0 bridgehead atoms. The number of carbonyl (C=O) groups excluding carboxylic acids is 2. The van der Waals surface area contributed by atoms with Gasteiger partial charge in [-0.05, 0) is 42.7 Å². The van der Waals surface area contributed by atoms with Crippen LogP contribution < -0.4 is 5.32 Å². The topological polar surface area (TPSA) is 49.4 Å². The van der Waals surface area contributed by atoms with Crippen LogP contribution in [0.2, 0.25) is 5.02 Å². The highest BCUT2D eigenvalue weighted by Crippen LogP contribution is 2.26. The molecule has 5 heteroatoms. The molecule has 1 fully saturated rings. The number of benzene rings is 2. The highest BCUT2D eigenvalue weighted by Gasteiger charge is 2.34. The lowest BCUT2D eigenvalue weighted by Gasteiger charge is -2.18. The van der Waals surface area contributed by atoms with Gasteiger partial charge in [-0.15, -0.1) is 0 Å². The second kappa shape index (κ2) is 7.28. The first kappa shape index (κ1) is 17.5. The largest absolute Gasteiger partial charge is 0.338 e. The molecule has 2 amide bonds. The van der Waals surface area contributed by atoms with E-state index in [9.17, 15) is 9.59 Å². The van der Waals surface area contributed by atoms with Crippen molar-refractivity contribution in [2.75, 3.05) is 11.9 Å². The van der Waals surface area contributed by atoms with E-state index in [1.165, 1.54) is 0 Å². The monoisotopic (exact) mass is 356 g/mol. The first-order chi connectivity index (χ1) is 12.0. The maximum Gasteiger partial charge on any atom is 0.229 e. The summed E-state index contributed by atoms with van der Waals surface area (Å²) >= 11 is 6.09. The van der Waals surface area contributed by atoms with Crippen molar-refractivity contribution in [3.05, 3.63) is 64.2 Å². The van der Waals surface area contributed by atoms with Crippen molar-refractivity contribution < 1.29 is 9.59 Å². The van der Waals surface area contributed by atoms with E-state index in [-0.39, 0.29) is 24.2 Å². The molecule has 1 N–H and O–H groups in total. The number of hydrogen-bond donors (Lipinski definition) is 1. The molecule has 130 valence electrons. The van der Waals surface area contributed by atoms with Gasteiger partial charge in [0.1, 0.15) is 0 Å². The summed E-state index contributed by atoms with van der Waals surface area (Å²) in [4.78, 5) is 26.6. The zero-order chi connectivity index (χ0) is 18.0. The fourth-order valence-electron chi connectivity index (χ4n) is 3.07. The van der Waals surface area contributed by atoms with Crippen LogP contribution in [0.4, 0.5) is 5.69 Å². The highest BCUT2D eigenvalue weighted by atomic mass is 35.5. The molecule has 0 aromatic heterocycles. The molecule has 25 heavy (non-hydrogen) atoms. The van der Waals surface area contributed by atoms with Gasteiger partial charge >= 0.3 is 0 Å². The van der Waals surface area contributed by atoms with Gasteiger partial charge in [0.2, 0.25) is 11.8 Å². The van der Waals surface area contributed by atoms with Gasteiger partial charge in [0.15, 0.2) is 0 Å². The third-order valence-electron chi connectivity index (χ3n) is 4.73. The quantitative estimate of drug-likeness (QED) is 0.901. The zero-order valence-corrected chi connectivity index (χ0v) is 15.1. The maximum atomic E-state index is 12.6. The van der Waals surface area contributed by atoms with Gasteiger partial charge in [-0.1, -0.05) is 41.9 Å². The van der Waals surface area contributed by atoms with Gasteiger partial charge in [0.05, 0.1) is 5.92 Å². The molecule has 1 saturated heterocycles. The molecule has 0 aliphatic carbocycles. The second-order valence-electron chi connectivity index (χ2n) is 6.50. The maximum absolute atomic E-state index is 12.6. The van der Waals surface area contributed by atoms with Gasteiger partial charge in [0, 0.05) is 30.2 Å². The Kier molecular flexibility index (Phi) is 5.09. The van der Waals surface area contributed by atoms with Crippen LogP contribution in [-0.2, 0) is 16.1 Å². The summed E-state index contributed by atoms with van der Waals surface area (Å²) in [6.07, 6.45) is 0.247. The Hall–Kier alpha value is -2.33. The summed E-state index contributed by atoms with van der Waals surface area (Å²) in [5, 5.41) is 3.52. The molecule has 3 rings (SSSR count). The van der Waals surface area contributed by atoms with Gasteiger partial charge in [-0.2, -0.15) is 0 Å². The second-order valence-corrected chi connectivity index (χ2v) is 6.91. The minimum atomic E-state index is -0.338. The molecule has 1 aliphatic heterocycles. The van der Waals surface area contributed by atoms with Crippen LogP contribution in [0.15, 0.2) is 42.5 Å². The summed E-state index contributed by atoms with van der Waals surface area (Å²) in [5.41, 5.74) is 3.79. The van der Waals surface area contributed by atoms with Crippen LogP contribution in [0.5, 0.6) is 0 Å². The van der Waals surface area contributed by atoms with E-state index in [1.807, 2.05) is 44.2 Å². The van der Waals surface area contributed by atoms with Crippen LogP contribution in [-0.4, -0.2) is 23.3 Å². The Bertz CT molecular complexity index is 819. The third-order valence-corrected chi connectivity index (χ3v) is 5.14. The number of carbonyl (C=O) groups is 2. The third kappa shape index (κ3) is 3.85. The highest BCUT2D eigenvalue weighted by molar-refractivity contribution is 6.31. The summed E-state index contributed by atoms with van der Waals surface area (Å²) in [7, 11) is 0. The lowest BCUT2D eigenvalue weighted by atomic mass is 10.1. The lowest BCUT2D eigenvalue weighted by molar-refractivity contribution is -0.128. The van der Waals surface area contributed by atoms with Crippen LogP contribution in [0, 0.1) is 19.8 Å². The molecule has 1 aliphatic rings. The Morgan fingerprint density at radius 3 is 2.72 bits per heavy atom. The van der Waals surface area contributed by atoms with E-state index in [0.29, 0.717) is 23.8 Å². The minimum absolute atomic E-state index is 0.0196. The van der Waals surface area contributed by atoms with E-state index in [1.54, 1.807) is 17.0 Å². The van der Waals surface area contributed by atoms with Crippen LogP contribution >= 0.6 is 11.6 Å². The summed E-state index contributed by atoms with van der Waals surface area (Å²) in [6.45, 7) is 4.88. The average molecular weight is 357 g/mol. The molecule has 2 aromatic rings. The minimum Gasteiger partial charge on any atom is -0.338 e. The molecule has 1 unspecified atom stereocenters. The standard InChI is InChI=1S/C20H21ClN2O2/c1-13-6-3-4-7-15(13)11-23-12-16(10-19(23)24)20(25)22-18-9-5-8-17(21)14(18)2/h3-9,16H,10-12H2,1-2H3,(H,22,25). The van der Waals surface area contributed by atoms with Crippen molar-refractivity contribution >= 4 is 29.1 Å². The van der Waals surface area contributed by atoms with Crippen LogP contribution in [0.1, 0.15) is 23.1 Å². The predicted molar refractivity (Wildman–Crippen MR) is 99.5 cm³/mol. The number of nitrogens with one attached hydrogen (secondary N) is 1. The number of likely N-dealkylation sites (tertiary alicyclic amines) is 1. The van der Waals surface area contributed by atoms with E-state index in [4.69, 9.17) is 11.6 Å². The fourth-order valence-corrected chi connectivity index (χ4v) is 3.25. The van der Waals surface area contributed by atoms with E-state index >= 15 is 0 Å².